The van der Waals surface area contributed by atoms with Crippen LogP contribution in [0.15, 0.2) is 41.3 Å². The first kappa shape index (κ1) is 20.4. The number of hydrogen-bond donors (Lipinski definition) is 1. The molecule has 13 heteroatoms. The van der Waals surface area contributed by atoms with E-state index in [9.17, 15) is 4.79 Å². The lowest BCUT2D eigenvalue weighted by Gasteiger charge is -2.13. The fraction of sp³-hybridized carbons (Fsp3) is 0.154. The Hall–Kier alpha value is -1.91. The maximum absolute atomic E-state index is 12.2. The van der Waals surface area contributed by atoms with Gasteiger partial charge in [0.1, 0.15) is 5.82 Å². The van der Waals surface area contributed by atoms with Gasteiger partial charge in [0.05, 0.1) is 18.3 Å². The minimum absolute atomic E-state index is 0.166. The van der Waals surface area contributed by atoms with Crippen LogP contribution in [0.2, 0.25) is 0 Å². The molecular formula is C13H12B8N4O. The highest BCUT2D eigenvalue weighted by Crippen LogP contribution is 2.05. The maximum atomic E-state index is 12.2. The van der Waals surface area contributed by atoms with Gasteiger partial charge < -0.3 is 4.98 Å². The maximum Gasteiger partial charge on any atom is 0.295 e. The van der Waals surface area contributed by atoms with E-state index in [-0.39, 0.29) is 5.56 Å². The van der Waals surface area contributed by atoms with E-state index in [1.165, 1.54) is 4.68 Å². The molecule has 26 heavy (non-hydrogen) atoms. The van der Waals surface area contributed by atoms with E-state index in [1.807, 2.05) is 37.3 Å². The Morgan fingerprint density at radius 1 is 1.08 bits per heavy atom. The monoisotopic (exact) mass is 328 g/mol. The second kappa shape index (κ2) is 9.15. The van der Waals surface area contributed by atoms with Gasteiger partial charge >= 0.3 is 0 Å². The molecule has 0 spiro atoms. The second-order valence-corrected chi connectivity index (χ2v) is 5.91. The lowest BCUT2D eigenvalue weighted by Crippen LogP contribution is -2.52. The molecule has 0 saturated heterocycles. The molecule has 0 aliphatic carbocycles. The van der Waals surface area contributed by atoms with E-state index in [0.717, 1.165) is 11.4 Å². The Bertz CT molecular complexity index is 890. The second-order valence-electron chi connectivity index (χ2n) is 5.91. The van der Waals surface area contributed by atoms with Crippen LogP contribution in [0.1, 0.15) is 11.4 Å². The summed E-state index contributed by atoms with van der Waals surface area (Å²) in [4.78, 5) is 19.4. The lowest BCUT2D eigenvalue weighted by atomic mass is 8.68. The van der Waals surface area contributed by atoms with Crippen molar-refractivity contribution >= 4 is 68.9 Å². The molecule has 3 rings (SSSR count). The van der Waals surface area contributed by atoms with Crippen molar-refractivity contribution in [2.45, 2.75) is 13.5 Å². The molecule has 0 bridgehead atoms. The molecule has 0 aliphatic heterocycles. The van der Waals surface area contributed by atoms with Crippen LogP contribution in [0.3, 0.4) is 0 Å². The van der Waals surface area contributed by atoms with Crippen LogP contribution in [0.4, 0.5) is 0 Å². The number of aromatic nitrogens is 4. The molecule has 0 aliphatic rings. The highest BCUT2D eigenvalue weighted by molar-refractivity contribution is 7.89. The largest absolute Gasteiger partial charge is 0.341 e. The molecule has 2 aromatic heterocycles. The zero-order valence-corrected chi connectivity index (χ0v) is 14.5. The summed E-state index contributed by atoms with van der Waals surface area (Å²) in [5.74, 6) is 0.723. The van der Waals surface area contributed by atoms with E-state index >= 15 is 0 Å². The molecule has 2 heterocycles. The normalized spacial score (nSPS) is 10.0. The molecule has 0 saturated carbocycles. The van der Waals surface area contributed by atoms with Gasteiger partial charge in [0.15, 0.2) is 5.52 Å². The highest BCUT2D eigenvalue weighted by atomic mass is 16.1. The van der Waals surface area contributed by atoms with E-state index in [2.05, 4.69) is 15.1 Å². The van der Waals surface area contributed by atoms with E-state index in [4.69, 9.17) is 38.7 Å². The standard InChI is InChI=1S/C13H12N4O.B8/c1-9-15-11-7-14-17(13(18)12(11)16-9)8-10-5-3-2-4-6-10;1-6(2)8(5)7(3)4/h2-7H,8H2,1H3,(H,15,16);. The van der Waals surface area contributed by atoms with Crippen molar-refractivity contribution in [1.82, 2.24) is 19.7 Å². The molecule has 0 atom stereocenters. The minimum Gasteiger partial charge on any atom is -0.341 e. The van der Waals surface area contributed by atoms with Crippen LogP contribution in [-0.4, -0.2) is 77.6 Å². The zero-order chi connectivity index (χ0) is 19.3. The average molecular weight is 327 g/mol. The van der Waals surface area contributed by atoms with E-state index in [1.54, 1.807) is 6.20 Å². The third kappa shape index (κ3) is 5.29. The van der Waals surface area contributed by atoms with Crippen molar-refractivity contribution in [3.63, 3.8) is 0 Å². The summed E-state index contributed by atoms with van der Waals surface area (Å²) in [6.45, 7) is 2.28. The lowest BCUT2D eigenvalue weighted by molar-refractivity contribution is 0.646. The Balaban J connectivity index is 0.000000260. The van der Waals surface area contributed by atoms with Crippen LogP contribution < -0.4 is 5.56 Å². The Kier molecular flexibility index (Phi) is 7.18. The van der Waals surface area contributed by atoms with Crippen molar-refractivity contribution in [1.29, 1.82) is 0 Å². The summed E-state index contributed by atoms with van der Waals surface area (Å²) in [5.41, 5.74) is 2.00. The topological polar surface area (TPSA) is 63.6 Å². The van der Waals surface area contributed by atoms with Crippen molar-refractivity contribution < 1.29 is 0 Å². The summed E-state index contributed by atoms with van der Waals surface area (Å²) in [6, 6.07) is 9.76. The van der Waals surface area contributed by atoms with Gasteiger partial charge in [-0.2, -0.15) is 5.10 Å². The first-order valence-electron chi connectivity index (χ1n) is 8.04. The Morgan fingerprint density at radius 3 is 2.23 bits per heavy atom. The Morgan fingerprint density at radius 2 is 1.69 bits per heavy atom. The summed E-state index contributed by atoms with van der Waals surface area (Å²) in [5, 5.41) is 4.15. The van der Waals surface area contributed by atoms with Crippen molar-refractivity contribution in [3.05, 3.63) is 58.3 Å². The molecule has 114 valence electrons. The number of H-pyrrole nitrogens is 1. The molecule has 0 unspecified atom stereocenters. The summed E-state index contributed by atoms with van der Waals surface area (Å²) in [7, 11) is 25.8. The third-order valence-corrected chi connectivity index (χ3v) is 3.68. The SMILES string of the molecule is Cc1nc2c(=O)n(Cc3ccccc3)ncc2[nH]1.[B]B([B])B([B])B([B])[B]. The molecule has 3 aromatic rings. The molecule has 5 nitrogen and oxygen atoms in total. The van der Waals surface area contributed by atoms with Crippen molar-refractivity contribution in [2.24, 2.45) is 0 Å². The quantitative estimate of drug-likeness (QED) is 0.589. The zero-order valence-electron chi connectivity index (χ0n) is 14.5. The number of nitrogens with zero attached hydrogens (tertiary/aromatic N) is 3. The Labute approximate surface area is 160 Å². The average Bonchev–Trinajstić information content (AvgIpc) is 2.99. The molecule has 0 amide bonds. The van der Waals surface area contributed by atoms with Gasteiger partial charge in [-0.25, -0.2) is 9.67 Å². The predicted molar refractivity (Wildman–Crippen MR) is 114 cm³/mol. The van der Waals surface area contributed by atoms with Gasteiger partial charge in [-0.1, -0.05) is 30.3 Å². The number of fused-ring (bicyclic) bond motifs is 1. The van der Waals surface area contributed by atoms with Gasteiger partial charge in [-0.05, 0) is 12.5 Å². The smallest absolute Gasteiger partial charge is 0.295 e. The molecule has 1 aromatic carbocycles. The van der Waals surface area contributed by atoms with Crippen LogP contribution in [0.5, 0.6) is 0 Å². The van der Waals surface area contributed by atoms with Crippen LogP contribution in [0.25, 0.3) is 11.0 Å². The fourth-order valence-electron chi connectivity index (χ4n) is 2.19. The number of benzene rings is 1. The van der Waals surface area contributed by atoms with Gasteiger partial charge in [0, 0.05) is 57.8 Å². The predicted octanol–water partition coefficient (Wildman–Crippen LogP) is -1.57. The number of aromatic amines is 1. The highest BCUT2D eigenvalue weighted by Gasteiger charge is 2.14. The van der Waals surface area contributed by atoms with E-state index < -0.39 is 19.2 Å². The van der Waals surface area contributed by atoms with Gasteiger partial charge in [0.2, 0.25) is 0 Å². The number of aryl methyl sites for hydroxylation is 1. The number of nitrogens with one attached hydrogen (secondary N) is 1. The van der Waals surface area contributed by atoms with Gasteiger partial charge in [-0.15, -0.1) is 0 Å². The first-order valence-corrected chi connectivity index (χ1v) is 8.04. The summed E-state index contributed by atoms with van der Waals surface area (Å²) >= 11 is 0. The molecule has 1 N–H and O–H groups in total. The van der Waals surface area contributed by atoms with E-state index in [0.29, 0.717) is 17.6 Å². The summed E-state index contributed by atoms with van der Waals surface area (Å²) in [6.07, 6.45) is -0.139. The first-order chi connectivity index (χ1) is 12.3. The van der Waals surface area contributed by atoms with Crippen LogP contribution in [-0.2, 0) is 6.54 Å². The van der Waals surface area contributed by atoms with Gasteiger partial charge in [0.25, 0.3) is 5.56 Å². The number of hydrogen-bond acceptors (Lipinski definition) is 3. The third-order valence-electron chi connectivity index (χ3n) is 3.68. The van der Waals surface area contributed by atoms with Crippen molar-refractivity contribution in [3.8, 4) is 0 Å². The van der Waals surface area contributed by atoms with Crippen LogP contribution in [0, 0.1) is 6.92 Å². The molecule has 0 fully saturated rings. The fourth-order valence-corrected chi connectivity index (χ4v) is 2.19. The minimum atomic E-state index is -0.630. The summed E-state index contributed by atoms with van der Waals surface area (Å²) < 4.78 is 1.43. The molecule has 10 radical (unpaired) electrons. The van der Waals surface area contributed by atoms with Crippen LogP contribution >= 0.6 is 0 Å². The molecular weight excluding hydrogens is 315 g/mol. The van der Waals surface area contributed by atoms with Crippen molar-refractivity contribution in [2.75, 3.05) is 0 Å². The number of imidazole rings is 1. The number of rotatable bonds is 4. The van der Waals surface area contributed by atoms with Gasteiger partial charge in [-0.3, -0.25) is 4.79 Å².